The number of benzene rings is 2. The molecule has 28 heavy (non-hydrogen) atoms. The van der Waals surface area contributed by atoms with Gasteiger partial charge in [0.2, 0.25) is 0 Å². The predicted molar refractivity (Wildman–Crippen MR) is 105 cm³/mol. The van der Waals surface area contributed by atoms with Crippen LogP contribution in [0.2, 0.25) is 0 Å². The van der Waals surface area contributed by atoms with Gasteiger partial charge in [0.05, 0.1) is 28.8 Å². The summed E-state index contributed by atoms with van der Waals surface area (Å²) in [5.41, 5.74) is 1.48. The quantitative estimate of drug-likeness (QED) is 0.344. The van der Waals surface area contributed by atoms with E-state index in [1.54, 1.807) is 13.0 Å². The lowest BCUT2D eigenvalue weighted by Crippen LogP contribution is -2.45. The van der Waals surface area contributed by atoms with Gasteiger partial charge in [-0.2, -0.15) is 0 Å². The highest BCUT2D eigenvalue weighted by molar-refractivity contribution is 7.80. The van der Waals surface area contributed by atoms with Crippen LogP contribution in [0.15, 0.2) is 54.1 Å². The number of non-ortho nitro benzene ring substituents is 1. The minimum Gasteiger partial charge on any atom is -0.463 e. The first kappa shape index (κ1) is 19.4. The Morgan fingerprint density at radius 2 is 2.00 bits per heavy atom. The van der Waals surface area contributed by atoms with E-state index in [2.05, 4.69) is 10.6 Å². The van der Waals surface area contributed by atoms with Gasteiger partial charge in [-0.25, -0.2) is 9.18 Å². The van der Waals surface area contributed by atoms with Crippen molar-refractivity contribution in [2.24, 2.45) is 0 Å². The maximum Gasteiger partial charge on any atom is 0.338 e. The molecule has 0 aliphatic carbocycles. The van der Waals surface area contributed by atoms with Crippen molar-refractivity contribution in [3.63, 3.8) is 0 Å². The van der Waals surface area contributed by atoms with Gasteiger partial charge in [0.1, 0.15) is 5.82 Å². The number of nitro benzene ring substituents is 1. The molecule has 0 amide bonds. The Hall–Kier alpha value is -3.33. The molecule has 0 unspecified atom stereocenters. The molecule has 9 heteroatoms. The highest BCUT2D eigenvalue weighted by Crippen LogP contribution is 2.32. The number of thiocarbonyl (C=S) groups is 1. The van der Waals surface area contributed by atoms with Crippen molar-refractivity contribution in [2.75, 3.05) is 6.61 Å². The number of carbonyl (C=O) groups is 1. The Morgan fingerprint density at radius 3 is 2.61 bits per heavy atom. The topological polar surface area (TPSA) is 93.5 Å². The average Bonchev–Trinajstić information content (AvgIpc) is 2.67. The first-order valence-electron chi connectivity index (χ1n) is 8.39. The Morgan fingerprint density at radius 1 is 1.29 bits per heavy atom. The molecule has 144 valence electrons. The SMILES string of the molecule is CCOC(=O)C1=C(c2ccc([N+](=O)[O-])cc2)NC(=S)N[C@H]1c1cccc(F)c1. The molecule has 0 bridgehead atoms. The van der Waals surface area contributed by atoms with Gasteiger partial charge in [-0.1, -0.05) is 12.1 Å². The van der Waals surface area contributed by atoms with E-state index in [1.165, 1.54) is 42.5 Å². The van der Waals surface area contributed by atoms with Crippen molar-refractivity contribution >= 4 is 34.7 Å². The molecule has 2 aromatic carbocycles. The van der Waals surface area contributed by atoms with Gasteiger partial charge in [-0.3, -0.25) is 10.1 Å². The summed E-state index contributed by atoms with van der Waals surface area (Å²) in [6.45, 7) is 1.83. The number of nitrogens with zero attached hydrogens (tertiary/aromatic N) is 1. The van der Waals surface area contributed by atoms with E-state index < -0.39 is 22.8 Å². The van der Waals surface area contributed by atoms with Gasteiger partial charge >= 0.3 is 5.97 Å². The molecule has 0 saturated carbocycles. The van der Waals surface area contributed by atoms with Crippen LogP contribution in [-0.2, 0) is 9.53 Å². The van der Waals surface area contributed by atoms with E-state index in [0.717, 1.165) is 0 Å². The van der Waals surface area contributed by atoms with Crippen LogP contribution >= 0.6 is 12.2 Å². The first-order valence-corrected chi connectivity index (χ1v) is 8.80. The van der Waals surface area contributed by atoms with Crippen molar-refractivity contribution in [1.82, 2.24) is 10.6 Å². The molecule has 1 atom stereocenters. The minimum absolute atomic E-state index is 0.0831. The predicted octanol–water partition coefficient (Wildman–Crippen LogP) is 3.23. The summed E-state index contributed by atoms with van der Waals surface area (Å²) in [5, 5.41) is 17.0. The van der Waals surface area contributed by atoms with Gasteiger partial charge in [0.25, 0.3) is 5.69 Å². The van der Waals surface area contributed by atoms with Crippen LogP contribution in [0.3, 0.4) is 0 Å². The van der Waals surface area contributed by atoms with E-state index in [9.17, 15) is 19.3 Å². The van der Waals surface area contributed by atoms with Crippen molar-refractivity contribution in [2.45, 2.75) is 13.0 Å². The zero-order valence-corrected chi connectivity index (χ0v) is 15.6. The molecule has 0 saturated heterocycles. The van der Waals surface area contributed by atoms with Crippen LogP contribution in [0.5, 0.6) is 0 Å². The maximum atomic E-state index is 13.8. The fraction of sp³-hybridized carbons (Fsp3) is 0.158. The zero-order chi connectivity index (χ0) is 20.3. The van der Waals surface area contributed by atoms with Crippen molar-refractivity contribution in [3.8, 4) is 0 Å². The molecule has 2 N–H and O–H groups in total. The second-order valence-electron chi connectivity index (χ2n) is 5.90. The number of esters is 1. The van der Waals surface area contributed by atoms with Crippen molar-refractivity contribution in [3.05, 3.63) is 81.2 Å². The smallest absolute Gasteiger partial charge is 0.338 e. The molecular weight excluding hydrogens is 385 g/mol. The van der Waals surface area contributed by atoms with Gasteiger partial charge in [-0.15, -0.1) is 0 Å². The Bertz CT molecular complexity index is 975. The van der Waals surface area contributed by atoms with Crippen molar-refractivity contribution in [1.29, 1.82) is 0 Å². The third-order valence-corrected chi connectivity index (χ3v) is 4.34. The number of rotatable bonds is 5. The van der Waals surface area contributed by atoms with Gasteiger partial charge in [-0.05, 0) is 54.5 Å². The lowest BCUT2D eigenvalue weighted by molar-refractivity contribution is -0.384. The van der Waals surface area contributed by atoms with Gasteiger partial charge in [0, 0.05) is 12.1 Å². The molecule has 1 heterocycles. The van der Waals surface area contributed by atoms with E-state index in [-0.39, 0.29) is 23.0 Å². The second-order valence-corrected chi connectivity index (χ2v) is 6.31. The Labute approximate surface area is 165 Å². The molecule has 7 nitrogen and oxygen atoms in total. The lowest BCUT2D eigenvalue weighted by atomic mass is 9.92. The molecular formula is C19H16FN3O4S. The molecule has 0 fully saturated rings. The number of halogens is 1. The largest absolute Gasteiger partial charge is 0.463 e. The van der Waals surface area contributed by atoms with Gasteiger partial charge < -0.3 is 15.4 Å². The van der Waals surface area contributed by atoms with E-state index >= 15 is 0 Å². The van der Waals surface area contributed by atoms with Crippen LogP contribution in [0.25, 0.3) is 5.70 Å². The van der Waals surface area contributed by atoms with Crippen LogP contribution < -0.4 is 10.6 Å². The minimum atomic E-state index is -0.742. The normalized spacial score (nSPS) is 16.2. The number of nitrogens with one attached hydrogen (secondary N) is 2. The summed E-state index contributed by atoms with van der Waals surface area (Å²) in [6, 6.07) is 10.7. The summed E-state index contributed by atoms with van der Waals surface area (Å²) in [5.74, 6) is -1.06. The number of carbonyl (C=O) groups excluding carboxylic acids is 1. The standard InChI is InChI=1S/C19H16FN3O4S/c1-2-27-18(24)15-16(11-6-8-14(9-7-11)23(25)26)21-19(28)22-17(15)12-4-3-5-13(20)10-12/h3-10,17H,2H2,1H3,(H2,21,22,28)/t17-/m0/s1. The molecule has 0 radical (unpaired) electrons. The lowest BCUT2D eigenvalue weighted by Gasteiger charge is -2.31. The second kappa shape index (κ2) is 8.13. The first-order chi connectivity index (χ1) is 13.4. The molecule has 1 aliphatic heterocycles. The highest BCUT2D eigenvalue weighted by Gasteiger charge is 2.33. The van der Waals surface area contributed by atoms with Crippen LogP contribution in [-0.4, -0.2) is 22.6 Å². The Balaban J connectivity index is 2.16. The fourth-order valence-electron chi connectivity index (χ4n) is 2.91. The van der Waals surface area contributed by atoms with Crippen molar-refractivity contribution < 1.29 is 18.8 Å². The fourth-order valence-corrected chi connectivity index (χ4v) is 3.13. The highest BCUT2D eigenvalue weighted by atomic mass is 32.1. The summed E-state index contributed by atoms with van der Waals surface area (Å²) in [6.07, 6.45) is 0. The summed E-state index contributed by atoms with van der Waals surface area (Å²) in [7, 11) is 0. The van der Waals surface area contributed by atoms with E-state index in [4.69, 9.17) is 17.0 Å². The average molecular weight is 401 g/mol. The summed E-state index contributed by atoms with van der Waals surface area (Å²) < 4.78 is 19.0. The van der Waals surface area contributed by atoms with E-state index in [1.807, 2.05) is 0 Å². The van der Waals surface area contributed by atoms with Gasteiger partial charge in [0.15, 0.2) is 5.11 Å². The third-order valence-electron chi connectivity index (χ3n) is 4.12. The summed E-state index contributed by atoms with van der Waals surface area (Å²) in [4.78, 5) is 23.1. The number of nitro groups is 1. The van der Waals surface area contributed by atoms with E-state index in [0.29, 0.717) is 16.8 Å². The molecule has 1 aliphatic rings. The number of hydrogen-bond acceptors (Lipinski definition) is 5. The monoisotopic (exact) mass is 401 g/mol. The van der Waals surface area contributed by atoms with Crippen LogP contribution in [0.1, 0.15) is 24.1 Å². The molecule has 3 rings (SSSR count). The zero-order valence-electron chi connectivity index (χ0n) is 14.8. The molecule has 2 aromatic rings. The number of hydrogen-bond donors (Lipinski definition) is 2. The Kier molecular flexibility index (Phi) is 5.65. The molecule has 0 spiro atoms. The van der Waals surface area contributed by atoms with Crippen LogP contribution in [0, 0.1) is 15.9 Å². The third kappa shape index (κ3) is 3.99. The molecule has 0 aromatic heterocycles. The number of ether oxygens (including phenoxy) is 1. The van der Waals surface area contributed by atoms with Crippen LogP contribution in [0.4, 0.5) is 10.1 Å². The maximum absolute atomic E-state index is 13.8. The summed E-state index contributed by atoms with van der Waals surface area (Å²) >= 11 is 5.25.